The van der Waals surface area contributed by atoms with Crippen molar-refractivity contribution in [1.82, 2.24) is 20.0 Å². The normalized spacial score (nSPS) is 13.4. The molecule has 9 heteroatoms. The van der Waals surface area contributed by atoms with Gasteiger partial charge in [-0.3, -0.25) is 9.59 Å². The Morgan fingerprint density at radius 3 is 2.32 bits per heavy atom. The summed E-state index contributed by atoms with van der Waals surface area (Å²) in [6.07, 6.45) is 0.744. The van der Waals surface area contributed by atoms with E-state index in [4.69, 9.17) is 4.74 Å². The van der Waals surface area contributed by atoms with Crippen LogP contribution in [0.2, 0.25) is 0 Å². The largest absolute Gasteiger partial charge is 0.497 e. The molecule has 3 aromatic carbocycles. The van der Waals surface area contributed by atoms with E-state index in [1.54, 1.807) is 24.1 Å². The first-order valence-electron chi connectivity index (χ1n) is 13.6. The molecule has 5 rings (SSSR count). The second kappa shape index (κ2) is 13.0. The molecule has 0 radical (unpaired) electrons. The first kappa shape index (κ1) is 27.8. The maximum atomic E-state index is 14.5. The minimum absolute atomic E-state index is 0.0464. The molecule has 0 saturated carbocycles. The molecule has 0 spiro atoms. The highest BCUT2D eigenvalue weighted by Gasteiger charge is 2.26. The van der Waals surface area contributed by atoms with Crippen molar-refractivity contribution in [3.05, 3.63) is 108 Å². The predicted octanol–water partition coefficient (Wildman–Crippen LogP) is 4.67. The zero-order chi connectivity index (χ0) is 28.6. The molecule has 0 atom stereocenters. The highest BCUT2D eigenvalue weighted by atomic mass is 19.1. The second-order valence-corrected chi connectivity index (χ2v) is 9.85. The molecular formula is C32H32FN5O3. The summed E-state index contributed by atoms with van der Waals surface area (Å²) in [6, 6.07) is 26.8. The molecule has 8 nitrogen and oxygen atoms in total. The number of amides is 2. The average Bonchev–Trinajstić information content (AvgIpc) is 3.28. The summed E-state index contributed by atoms with van der Waals surface area (Å²) < 4.78 is 19.7. The molecule has 0 aliphatic carbocycles. The molecule has 0 N–H and O–H groups in total. The summed E-state index contributed by atoms with van der Waals surface area (Å²) in [5.41, 5.74) is 2.53. The Balaban J connectivity index is 1.24. The molecule has 0 unspecified atom stereocenters. The average molecular weight is 554 g/mol. The van der Waals surface area contributed by atoms with Gasteiger partial charge in [-0.15, -0.1) is 10.2 Å². The van der Waals surface area contributed by atoms with Crippen LogP contribution in [0.5, 0.6) is 5.75 Å². The Hall–Kier alpha value is -4.79. The fourth-order valence-corrected chi connectivity index (χ4v) is 4.88. The predicted molar refractivity (Wildman–Crippen MR) is 155 cm³/mol. The Kier molecular flexibility index (Phi) is 8.83. The summed E-state index contributed by atoms with van der Waals surface area (Å²) in [5.74, 6) is 0.240. The van der Waals surface area contributed by atoms with Crippen LogP contribution in [0.4, 0.5) is 10.2 Å². The molecule has 41 heavy (non-hydrogen) atoms. The first-order chi connectivity index (χ1) is 20.0. The Bertz CT molecular complexity index is 1470. The van der Waals surface area contributed by atoms with Gasteiger partial charge >= 0.3 is 0 Å². The van der Waals surface area contributed by atoms with Crippen molar-refractivity contribution in [2.24, 2.45) is 0 Å². The van der Waals surface area contributed by atoms with E-state index in [1.807, 2.05) is 66.7 Å². The molecule has 210 valence electrons. The monoisotopic (exact) mass is 553 g/mol. The lowest BCUT2D eigenvalue weighted by Gasteiger charge is -2.27. The molecule has 1 fully saturated rings. The van der Waals surface area contributed by atoms with E-state index in [0.29, 0.717) is 19.6 Å². The fourth-order valence-electron chi connectivity index (χ4n) is 4.88. The quantitative estimate of drug-likeness (QED) is 0.316. The number of methoxy groups -OCH3 is 1. The number of carbonyl (C=O) groups is 2. The van der Waals surface area contributed by atoms with Gasteiger partial charge < -0.3 is 19.4 Å². The van der Waals surface area contributed by atoms with E-state index in [1.165, 1.54) is 17.0 Å². The van der Waals surface area contributed by atoms with Crippen LogP contribution in [0.3, 0.4) is 0 Å². The summed E-state index contributed by atoms with van der Waals surface area (Å²) in [5, 5.41) is 8.86. The van der Waals surface area contributed by atoms with Gasteiger partial charge in [0, 0.05) is 38.3 Å². The first-order valence-corrected chi connectivity index (χ1v) is 13.6. The van der Waals surface area contributed by atoms with Gasteiger partial charge in [0.1, 0.15) is 18.1 Å². The Morgan fingerprint density at radius 2 is 1.61 bits per heavy atom. The Labute approximate surface area is 239 Å². The molecule has 0 bridgehead atoms. The van der Waals surface area contributed by atoms with Crippen LogP contribution in [-0.4, -0.2) is 71.6 Å². The third-order valence-electron chi connectivity index (χ3n) is 7.14. The standard InChI is InChI=1S/C32H32FN5O3/c1-41-26-14-12-25(13-15-26)29-16-17-30(35-34-29)36-18-7-19-37(21-20-36)31(39)23-38(22-24-8-3-2-4-9-24)32(40)27-10-5-6-11-28(27)33/h2-6,8-17H,7,18-23H2,1H3. The lowest BCUT2D eigenvalue weighted by Crippen LogP contribution is -2.44. The summed E-state index contributed by atoms with van der Waals surface area (Å²) in [6.45, 7) is 2.41. The Morgan fingerprint density at radius 1 is 0.854 bits per heavy atom. The third kappa shape index (κ3) is 6.87. The van der Waals surface area contributed by atoms with E-state index >= 15 is 0 Å². The van der Waals surface area contributed by atoms with Crippen molar-refractivity contribution in [3.63, 3.8) is 0 Å². The van der Waals surface area contributed by atoms with Crippen molar-refractivity contribution >= 4 is 17.6 Å². The van der Waals surface area contributed by atoms with Crippen LogP contribution in [-0.2, 0) is 11.3 Å². The second-order valence-electron chi connectivity index (χ2n) is 9.85. The lowest BCUT2D eigenvalue weighted by atomic mass is 10.1. The van der Waals surface area contributed by atoms with Crippen molar-refractivity contribution in [2.45, 2.75) is 13.0 Å². The van der Waals surface area contributed by atoms with Gasteiger partial charge in [-0.2, -0.15) is 0 Å². The molecule has 2 heterocycles. The maximum Gasteiger partial charge on any atom is 0.257 e. The van der Waals surface area contributed by atoms with Crippen molar-refractivity contribution in [1.29, 1.82) is 0 Å². The molecule has 1 saturated heterocycles. The van der Waals surface area contributed by atoms with E-state index < -0.39 is 11.7 Å². The van der Waals surface area contributed by atoms with Gasteiger partial charge in [0.05, 0.1) is 18.4 Å². The van der Waals surface area contributed by atoms with Gasteiger partial charge in [0.25, 0.3) is 5.91 Å². The molecule has 1 aliphatic heterocycles. The molecule has 1 aromatic heterocycles. The zero-order valence-electron chi connectivity index (χ0n) is 22.9. The van der Waals surface area contributed by atoms with Crippen molar-refractivity contribution < 1.29 is 18.7 Å². The van der Waals surface area contributed by atoms with E-state index in [-0.39, 0.29) is 24.6 Å². The number of hydrogen-bond acceptors (Lipinski definition) is 6. The van der Waals surface area contributed by atoms with Crippen LogP contribution in [0.1, 0.15) is 22.3 Å². The van der Waals surface area contributed by atoms with Crippen molar-refractivity contribution in [3.8, 4) is 17.0 Å². The van der Waals surface area contributed by atoms with Crippen LogP contribution >= 0.6 is 0 Å². The third-order valence-corrected chi connectivity index (χ3v) is 7.14. The van der Waals surface area contributed by atoms with Crippen LogP contribution in [0, 0.1) is 5.82 Å². The number of ether oxygens (including phenoxy) is 1. The highest BCUT2D eigenvalue weighted by Crippen LogP contribution is 2.22. The highest BCUT2D eigenvalue weighted by molar-refractivity contribution is 5.96. The van der Waals surface area contributed by atoms with Crippen LogP contribution < -0.4 is 9.64 Å². The number of nitrogens with zero attached hydrogens (tertiary/aromatic N) is 5. The molecule has 4 aromatic rings. The number of carbonyl (C=O) groups excluding carboxylic acids is 2. The minimum Gasteiger partial charge on any atom is -0.497 e. The smallest absolute Gasteiger partial charge is 0.257 e. The van der Waals surface area contributed by atoms with E-state index in [0.717, 1.165) is 41.4 Å². The van der Waals surface area contributed by atoms with E-state index in [9.17, 15) is 14.0 Å². The minimum atomic E-state index is -0.604. The van der Waals surface area contributed by atoms with Gasteiger partial charge in [-0.05, 0) is 60.5 Å². The maximum absolute atomic E-state index is 14.5. The summed E-state index contributed by atoms with van der Waals surface area (Å²) >= 11 is 0. The van der Waals surface area contributed by atoms with E-state index in [2.05, 4.69) is 15.1 Å². The van der Waals surface area contributed by atoms with Gasteiger partial charge in [-0.25, -0.2) is 4.39 Å². The van der Waals surface area contributed by atoms with Crippen molar-refractivity contribution in [2.75, 3.05) is 44.7 Å². The SMILES string of the molecule is COc1ccc(-c2ccc(N3CCCN(C(=O)CN(Cc4ccccc4)C(=O)c4ccccc4F)CC3)nn2)cc1. The molecule has 1 aliphatic rings. The van der Waals surface area contributed by atoms with Gasteiger partial charge in [0.2, 0.25) is 5.91 Å². The number of rotatable bonds is 8. The van der Waals surface area contributed by atoms with Gasteiger partial charge in [-0.1, -0.05) is 42.5 Å². The van der Waals surface area contributed by atoms with Crippen LogP contribution in [0.15, 0.2) is 91.0 Å². The molecule has 2 amide bonds. The number of aromatic nitrogens is 2. The summed E-state index contributed by atoms with van der Waals surface area (Å²) in [7, 11) is 1.63. The number of halogens is 1. The summed E-state index contributed by atoms with van der Waals surface area (Å²) in [4.78, 5) is 32.1. The topological polar surface area (TPSA) is 78.9 Å². The number of benzene rings is 3. The van der Waals surface area contributed by atoms with Crippen LogP contribution in [0.25, 0.3) is 11.3 Å². The number of hydrogen-bond donors (Lipinski definition) is 0. The lowest BCUT2D eigenvalue weighted by molar-refractivity contribution is -0.131. The number of anilines is 1. The molecular weight excluding hydrogens is 521 g/mol. The zero-order valence-corrected chi connectivity index (χ0v) is 22.9. The fraction of sp³-hybridized carbons (Fsp3) is 0.250. The van der Waals surface area contributed by atoms with Gasteiger partial charge in [0.15, 0.2) is 5.82 Å².